The first-order valence-electron chi connectivity index (χ1n) is 6.76. The molecule has 0 aliphatic heterocycles. The summed E-state index contributed by atoms with van der Waals surface area (Å²) in [6.45, 7) is 4.06. The van der Waals surface area contributed by atoms with E-state index in [-0.39, 0.29) is 11.9 Å². The second-order valence-electron chi connectivity index (χ2n) is 5.29. The number of benzene rings is 1. The Bertz CT molecular complexity index is 799. The molecule has 1 amide bonds. The summed E-state index contributed by atoms with van der Waals surface area (Å²) in [5.74, 6) is -0.201. The van der Waals surface area contributed by atoms with Crippen LogP contribution in [-0.2, 0) is 0 Å². The maximum atomic E-state index is 12.2. The number of nitrogens with one attached hydrogen (secondary N) is 2. The highest BCUT2D eigenvalue weighted by Crippen LogP contribution is 2.19. The van der Waals surface area contributed by atoms with Crippen molar-refractivity contribution in [3.63, 3.8) is 0 Å². The fraction of sp³-hybridized carbons (Fsp3) is 0.200. The summed E-state index contributed by atoms with van der Waals surface area (Å²) in [7, 11) is 0. The number of nitrogen functional groups attached to an aromatic ring is 1. The van der Waals surface area contributed by atoms with Crippen LogP contribution in [-0.4, -0.2) is 20.7 Å². The first-order chi connectivity index (χ1) is 10.0. The molecule has 0 bridgehead atoms. The smallest absolute Gasteiger partial charge is 0.272 e. The Morgan fingerprint density at radius 2 is 2.19 bits per heavy atom. The molecule has 0 atom stereocenters. The Morgan fingerprint density at radius 3 is 2.90 bits per heavy atom. The first-order valence-corrected chi connectivity index (χ1v) is 6.76. The lowest BCUT2D eigenvalue weighted by molar-refractivity contribution is 0.102. The molecule has 2 heterocycles. The van der Waals surface area contributed by atoms with Gasteiger partial charge < -0.3 is 16.0 Å². The van der Waals surface area contributed by atoms with E-state index < -0.39 is 0 Å². The minimum Gasteiger partial charge on any atom is -0.399 e. The largest absolute Gasteiger partial charge is 0.399 e. The summed E-state index contributed by atoms with van der Waals surface area (Å²) in [6, 6.07) is 7.53. The second-order valence-corrected chi connectivity index (χ2v) is 5.29. The van der Waals surface area contributed by atoms with Gasteiger partial charge >= 0.3 is 0 Å². The average Bonchev–Trinajstić information content (AvgIpc) is 3.04. The molecular weight excluding hydrogens is 266 g/mol. The summed E-state index contributed by atoms with van der Waals surface area (Å²) >= 11 is 0. The van der Waals surface area contributed by atoms with Gasteiger partial charge in [0.05, 0.1) is 11.9 Å². The predicted octanol–water partition coefficient (Wildman–Crippen LogP) is 2.78. The molecule has 0 saturated heterocycles. The maximum absolute atomic E-state index is 12.2. The fourth-order valence-corrected chi connectivity index (χ4v) is 2.16. The zero-order valence-electron chi connectivity index (χ0n) is 11.9. The molecule has 2 aromatic heterocycles. The van der Waals surface area contributed by atoms with Gasteiger partial charge in [-0.3, -0.25) is 9.48 Å². The molecule has 0 aliphatic carbocycles. The van der Waals surface area contributed by atoms with Gasteiger partial charge in [0, 0.05) is 28.8 Å². The van der Waals surface area contributed by atoms with Gasteiger partial charge in [-0.1, -0.05) is 0 Å². The average molecular weight is 283 g/mol. The van der Waals surface area contributed by atoms with E-state index >= 15 is 0 Å². The van der Waals surface area contributed by atoms with E-state index in [9.17, 15) is 4.79 Å². The van der Waals surface area contributed by atoms with Crippen LogP contribution >= 0.6 is 0 Å². The third-order valence-electron chi connectivity index (χ3n) is 3.28. The number of fused-ring (bicyclic) bond motifs is 1. The molecule has 6 heteroatoms. The number of nitrogens with two attached hydrogens (primary N) is 1. The van der Waals surface area contributed by atoms with Gasteiger partial charge in [-0.05, 0) is 38.1 Å². The molecule has 3 aromatic rings. The Labute approximate surface area is 121 Å². The monoisotopic (exact) mass is 283 g/mol. The number of carbonyl (C=O) groups is 1. The van der Waals surface area contributed by atoms with Crippen molar-refractivity contribution < 1.29 is 4.79 Å². The van der Waals surface area contributed by atoms with E-state index in [1.807, 2.05) is 32.2 Å². The topological polar surface area (TPSA) is 88.7 Å². The molecule has 1 aromatic carbocycles. The van der Waals surface area contributed by atoms with Gasteiger partial charge in [-0.15, -0.1) is 0 Å². The number of carbonyl (C=O) groups excluding carboxylic acids is 1. The zero-order chi connectivity index (χ0) is 15.0. The molecule has 21 heavy (non-hydrogen) atoms. The highest BCUT2D eigenvalue weighted by atomic mass is 16.1. The molecule has 4 N–H and O–H groups in total. The van der Waals surface area contributed by atoms with Crippen LogP contribution in [0.4, 0.5) is 11.4 Å². The third-order valence-corrected chi connectivity index (χ3v) is 3.28. The van der Waals surface area contributed by atoms with Crippen molar-refractivity contribution in [2.24, 2.45) is 0 Å². The number of hydrogen-bond acceptors (Lipinski definition) is 3. The van der Waals surface area contributed by atoms with Crippen LogP contribution in [0.1, 0.15) is 30.4 Å². The van der Waals surface area contributed by atoms with Crippen LogP contribution in [0.2, 0.25) is 0 Å². The molecule has 0 unspecified atom stereocenters. The van der Waals surface area contributed by atoms with Crippen LogP contribution in [0.25, 0.3) is 10.9 Å². The van der Waals surface area contributed by atoms with E-state index in [1.54, 1.807) is 23.0 Å². The van der Waals surface area contributed by atoms with Gasteiger partial charge in [0.2, 0.25) is 0 Å². The van der Waals surface area contributed by atoms with Crippen molar-refractivity contribution in [3.05, 3.63) is 42.4 Å². The van der Waals surface area contributed by atoms with Crippen molar-refractivity contribution in [1.29, 1.82) is 0 Å². The van der Waals surface area contributed by atoms with Gasteiger partial charge in [-0.2, -0.15) is 5.10 Å². The normalized spacial score (nSPS) is 11.2. The summed E-state index contributed by atoms with van der Waals surface area (Å²) in [6.07, 6.45) is 3.45. The first kappa shape index (κ1) is 13.2. The molecule has 6 nitrogen and oxygen atoms in total. The Kier molecular flexibility index (Phi) is 3.13. The highest BCUT2D eigenvalue weighted by molar-refractivity contribution is 6.06. The van der Waals surface area contributed by atoms with E-state index in [4.69, 9.17) is 5.73 Å². The summed E-state index contributed by atoms with van der Waals surface area (Å²) in [5, 5.41) is 7.93. The van der Waals surface area contributed by atoms with Crippen molar-refractivity contribution >= 4 is 28.2 Å². The standard InChI is InChI=1S/C15H17N5O/c1-9(2)20-8-12(7-17-20)18-15(21)14-6-10-5-11(16)3-4-13(10)19-14/h3-9,19H,16H2,1-2H3,(H,18,21). The summed E-state index contributed by atoms with van der Waals surface area (Å²) in [4.78, 5) is 15.3. The Balaban J connectivity index is 1.82. The number of rotatable bonds is 3. The van der Waals surface area contributed by atoms with E-state index in [0.29, 0.717) is 17.1 Å². The lowest BCUT2D eigenvalue weighted by atomic mass is 10.2. The van der Waals surface area contributed by atoms with Gasteiger partial charge in [-0.25, -0.2) is 0 Å². The van der Waals surface area contributed by atoms with Crippen molar-refractivity contribution in [1.82, 2.24) is 14.8 Å². The molecule has 3 rings (SSSR count). The molecule has 0 saturated carbocycles. The van der Waals surface area contributed by atoms with E-state index in [0.717, 1.165) is 10.9 Å². The van der Waals surface area contributed by atoms with Gasteiger partial charge in [0.1, 0.15) is 5.69 Å². The molecule has 0 fully saturated rings. The lowest BCUT2D eigenvalue weighted by Gasteiger charge is -2.03. The molecule has 0 aliphatic rings. The highest BCUT2D eigenvalue weighted by Gasteiger charge is 2.11. The Morgan fingerprint density at radius 1 is 1.38 bits per heavy atom. The number of aromatic nitrogens is 3. The third kappa shape index (κ3) is 2.60. The zero-order valence-corrected chi connectivity index (χ0v) is 11.9. The van der Waals surface area contributed by atoms with Crippen LogP contribution in [0.15, 0.2) is 36.7 Å². The molecule has 0 spiro atoms. The van der Waals surface area contributed by atoms with Gasteiger partial charge in [0.15, 0.2) is 0 Å². The maximum Gasteiger partial charge on any atom is 0.272 e. The fourth-order valence-electron chi connectivity index (χ4n) is 2.16. The molecule has 108 valence electrons. The van der Waals surface area contributed by atoms with E-state index in [1.165, 1.54) is 0 Å². The number of H-pyrrole nitrogens is 1. The van der Waals surface area contributed by atoms with Crippen molar-refractivity contribution in [2.45, 2.75) is 19.9 Å². The van der Waals surface area contributed by atoms with Crippen molar-refractivity contribution in [2.75, 3.05) is 11.1 Å². The quantitative estimate of drug-likeness (QED) is 0.646. The number of nitrogens with zero attached hydrogens (tertiary/aromatic N) is 2. The number of anilines is 2. The van der Waals surface area contributed by atoms with E-state index in [2.05, 4.69) is 15.4 Å². The minimum atomic E-state index is -0.201. The Hall–Kier alpha value is -2.76. The summed E-state index contributed by atoms with van der Waals surface area (Å²) < 4.78 is 1.79. The molecular formula is C15H17N5O. The number of aromatic amines is 1. The van der Waals surface area contributed by atoms with Crippen LogP contribution < -0.4 is 11.1 Å². The van der Waals surface area contributed by atoms with Crippen LogP contribution in [0.5, 0.6) is 0 Å². The van der Waals surface area contributed by atoms with Gasteiger partial charge in [0.25, 0.3) is 5.91 Å². The second kappa shape index (κ2) is 4.97. The SMILES string of the molecule is CC(C)n1cc(NC(=O)c2cc3cc(N)ccc3[nH]2)cn1. The molecule has 0 radical (unpaired) electrons. The van der Waals surface area contributed by atoms with Crippen LogP contribution in [0.3, 0.4) is 0 Å². The van der Waals surface area contributed by atoms with Crippen LogP contribution in [0, 0.1) is 0 Å². The predicted molar refractivity (Wildman–Crippen MR) is 83.3 cm³/mol. The lowest BCUT2D eigenvalue weighted by Crippen LogP contribution is -2.11. The van der Waals surface area contributed by atoms with Crippen molar-refractivity contribution in [3.8, 4) is 0 Å². The number of hydrogen-bond donors (Lipinski definition) is 3. The number of amides is 1. The minimum absolute atomic E-state index is 0.201. The summed E-state index contributed by atoms with van der Waals surface area (Å²) in [5.41, 5.74) is 8.46.